The number of nitro groups is 1. The Bertz CT molecular complexity index is 1390. The second-order valence-corrected chi connectivity index (χ2v) is 11.1. The van der Waals surface area contributed by atoms with Crippen LogP contribution in [-0.4, -0.2) is 61.9 Å². The number of piperidine rings is 1. The van der Waals surface area contributed by atoms with Crippen LogP contribution in [0.2, 0.25) is 0 Å². The van der Waals surface area contributed by atoms with Crippen LogP contribution < -0.4 is 4.90 Å². The van der Waals surface area contributed by atoms with Crippen LogP contribution in [0.15, 0.2) is 52.7 Å². The van der Waals surface area contributed by atoms with E-state index in [9.17, 15) is 27.7 Å². The number of sulfonamides is 1. The molecule has 1 aliphatic rings. The van der Waals surface area contributed by atoms with Crippen LogP contribution in [0.4, 0.5) is 15.2 Å². The standard InChI is InChI=1S/C24H25FN4O6S2/c1-35-14-13-28(24-26-21(16-36-24)17-5-8-19(9-6-17)29(31)32)23(30)18-7-10-20(25)22(15-18)37(33,34)27-11-3-2-4-12-27/h5-10,15-16H,2-4,11-14H2,1H3. The van der Waals surface area contributed by atoms with Crippen molar-refractivity contribution in [2.24, 2.45) is 0 Å². The maximum atomic E-state index is 14.7. The van der Waals surface area contributed by atoms with E-state index < -0.39 is 31.6 Å². The van der Waals surface area contributed by atoms with Crippen LogP contribution in [-0.2, 0) is 14.8 Å². The molecule has 3 aromatic rings. The number of thiazole rings is 1. The normalized spacial score (nSPS) is 14.4. The second-order valence-electron chi connectivity index (χ2n) is 8.38. The van der Waals surface area contributed by atoms with Crippen molar-refractivity contribution in [1.29, 1.82) is 0 Å². The average Bonchev–Trinajstić information content (AvgIpc) is 3.39. The van der Waals surface area contributed by atoms with E-state index in [1.807, 2.05) is 0 Å². The average molecular weight is 549 g/mol. The molecule has 0 radical (unpaired) electrons. The predicted molar refractivity (Wildman–Crippen MR) is 137 cm³/mol. The van der Waals surface area contributed by atoms with Crippen LogP contribution in [0.5, 0.6) is 0 Å². The molecule has 1 aliphatic heterocycles. The molecule has 0 saturated carbocycles. The zero-order valence-electron chi connectivity index (χ0n) is 20.0. The number of methoxy groups -OCH3 is 1. The number of halogens is 1. The van der Waals surface area contributed by atoms with Crippen LogP contribution >= 0.6 is 11.3 Å². The molecule has 1 aromatic heterocycles. The van der Waals surface area contributed by atoms with Crippen molar-refractivity contribution in [3.8, 4) is 11.3 Å². The summed E-state index contributed by atoms with van der Waals surface area (Å²) < 4.78 is 47.3. The molecule has 196 valence electrons. The number of non-ortho nitro benzene ring substituents is 1. The summed E-state index contributed by atoms with van der Waals surface area (Å²) in [5.41, 5.74) is 1.09. The molecule has 37 heavy (non-hydrogen) atoms. The number of benzene rings is 2. The van der Waals surface area contributed by atoms with Gasteiger partial charge in [0.25, 0.3) is 11.6 Å². The topological polar surface area (TPSA) is 123 Å². The third kappa shape index (κ3) is 5.85. The van der Waals surface area contributed by atoms with Gasteiger partial charge >= 0.3 is 0 Å². The van der Waals surface area contributed by atoms with E-state index in [0.717, 1.165) is 18.6 Å². The summed E-state index contributed by atoms with van der Waals surface area (Å²) in [5, 5.41) is 12.9. The fraction of sp³-hybridized carbons (Fsp3) is 0.333. The van der Waals surface area contributed by atoms with Crippen LogP contribution in [0.3, 0.4) is 0 Å². The van der Waals surface area contributed by atoms with E-state index in [0.29, 0.717) is 42.3 Å². The van der Waals surface area contributed by atoms with Crippen molar-refractivity contribution in [2.75, 3.05) is 38.3 Å². The summed E-state index contributed by atoms with van der Waals surface area (Å²) in [5.74, 6) is -1.47. The van der Waals surface area contributed by atoms with Crippen LogP contribution in [0.1, 0.15) is 29.6 Å². The SMILES string of the molecule is COCCN(C(=O)c1ccc(F)c(S(=O)(=O)N2CCCCC2)c1)c1nc(-c2ccc([N+](=O)[O-])cc2)cs1. The van der Waals surface area contributed by atoms with E-state index in [2.05, 4.69) is 4.98 Å². The predicted octanol–water partition coefficient (Wildman–Crippen LogP) is 4.33. The van der Waals surface area contributed by atoms with E-state index in [1.54, 1.807) is 17.5 Å². The number of carbonyl (C=O) groups is 1. The first kappa shape index (κ1) is 26.8. The zero-order valence-corrected chi connectivity index (χ0v) is 21.6. The lowest BCUT2D eigenvalue weighted by atomic mass is 10.1. The highest BCUT2D eigenvalue weighted by Crippen LogP contribution is 2.30. The van der Waals surface area contributed by atoms with Gasteiger partial charge in [0.1, 0.15) is 10.7 Å². The van der Waals surface area contributed by atoms with Crippen molar-refractivity contribution < 1.29 is 27.3 Å². The molecule has 10 nitrogen and oxygen atoms in total. The van der Waals surface area contributed by atoms with Gasteiger partial charge in [0, 0.05) is 48.8 Å². The Hall–Kier alpha value is -3.26. The largest absolute Gasteiger partial charge is 0.383 e. The fourth-order valence-electron chi connectivity index (χ4n) is 3.98. The number of rotatable bonds is 9. The number of ether oxygens (including phenoxy) is 1. The van der Waals surface area contributed by atoms with E-state index in [-0.39, 0.29) is 24.4 Å². The first-order chi connectivity index (χ1) is 17.7. The smallest absolute Gasteiger partial charge is 0.269 e. The van der Waals surface area contributed by atoms with E-state index in [4.69, 9.17) is 4.74 Å². The second kappa shape index (κ2) is 11.4. The minimum atomic E-state index is -4.10. The minimum Gasteiger partial charge on any atom is -0.383 e. The van der Waals surface area contributed by atoms with Gasteiger partial charge in [-0.15, -0.1) is 11.3 Å². The summed E-state index contributed by atoms with van der Waals surface area (Å²) >= 11 is 1.18. The maximum Gasteiger partial charge on any atom is 0.269 e. The van der Waals surface area contributed by atoms with E-state index in [1.165, 1.54) is 45.9 Å². The Morgan fingerprint density at radius 2 is 1.89 bits per heavy atom. The number of aromatic nitrogens is 1. The third-order valence-electron chi connectivity index (χ3n) is 5.97. The highest BCUT2D eigenvalue weighted by molar-refractivity contribution is 7.89. The number of anilines is 1. The number of amides is 1. The van der Waals surface area contributed by atoms with E-state index >= 15 is 0 Å². The third-order valence-corrected chi connectivity index (χ3v) is 8.75. The van der Waals surface area contributed by atoms with Gasteiger partial charge in [0.15, 0.2) is 5.13 Å². The lowest BCUT2D eigenvalue weighted by Gasteiger charge is -2.26. The van der Waals surface area contributed by atoms with Crippen molar-refractivity contribution in [3.05, 3.63) is 69.3 Å². The number of hydrogen-bond acceptors (Lipinski definition) is 8. The van der Waals surface area contributed by atoms with Crippen molar-refractivity contribution in [1.82, 2.24) is 9.29 Å². The molecular formula is C24H25FN4O6S2. The molecule has 1 fully saturated rings. The van der Waals surface area contributed by atoms with Gasteiger partial charge in [-0.25, -0.2) is 17.8 Å². The molecule has 2 heterocycles. The molecule has 0 spiro atoms. The zero-order chi connectivity index (χ0) is 26.6. The molecule has 13 heteroatoms. The molecule has 0 aliphatic carbocycles. The van der Waals surface area contributed by atoms with Gasteiger partial charge in [-0.1, -0.05) is 6.42 Å². The first-order valence-electron chi connectivity index (χ1n) is 11.5. The quantitative estimate of drug-likeness (QED) is 0.288. The molecule has 2 aromatic carbocycles. The van der Waals surface area contributed by atoms with Crippen LogP contribution in [0.25, 0.3) is 11.3 Å². The lowest BCUT2D eigenvalue weighted by Crippen LogP contribution is -2.37. The Morgan fingerprint density at radius 3 is 2.54 bits per heavy atom. The summed E-state index contributed by atoms with van der Waals surface area (Å²) in [4.78, 5) is 29.3. The Labute approximate surface area is 217 Å². The fourth-order valence-corrected chi connectivity index (χ4v) is 6.44. The molecule has 1 amide bonds. The molecular weight excluding hydrogens is 523 g/mol. The highest BCUT2D eigenvalue weighted by Gasteiger charge is 2.30. The lowest BCUT2D eigenvalue weighted by molar-refractivity contribution is -0.384. The molecule has 0 unspecified atom stereocenters. The van der Waals surface area contributed by atoms with Gasteiger partial charge in [0.2, 0.25) is 10.0 Å². The van der Waals surface area contributed by atoms with Gasteiger partial charge in [0.05, 0.1) is 23.8 Å². The number of hydrogen-bond donors (Lipinski definition) is 0. The van der Waals surface area contributed by atoms with Gasteiger partial charge in [-0.05, 0) is 43.2 Å². The summed E-state index contributed by atoms with van der Waals surface area (Å²) in [6, 6.07) is 9.18. The Morgan fingerprint density at radius 1 is 1.19 bits per heavy atom. The summed E-state index contributed by atoms with van der Waals surface area (Å²) in [6.07, 6.45) is 2.31. The summed E-state index contributed by atoms with van der Waals surface area (Å²) in [6.45, 7) is 0.918. The highest BCUT2D eigenvalue weighted by atomic mass is 32.2. The molecule has 0 N–H and O–H groups in total. The van der Waals surface area contributed by atoms with Crippen molar-refractivity contribution >= 4 is 38.1 Å². The molecule has 1 saturated heterocycles. The molecule has 0 atom stereocenters. The van der Waals surface area contributed by atoms with Crippen LogP contribution in [0, 0.1) is 15.9 Å². The number of nitro benzene ring substituents is 1. The maximum absolute atomic E-state index is 14.7. The van der Waals surface area contributed by atoms with Gasteiger partial charge in [-0.2, -0.15) is 4.31 Å². The number of nitrogens with zero attached hydrogens (tertiary/aromatic N) is 4. The van der Waals surface area contributed by atoms with Gasteiger partial charge in [-0.3, -0.25) is 19.8 Å². The van der Waals surface area contributed by atoms with Gasteiger partial charge < -0.3 is 4.74 Å². The number of carbonyl (C=O) groups excluding carboxylic acids is 1. The van der Waals surface area contributed by atoms with Crippen molar-refractivity contribution in [2.45, 2.75) is 24.2 Å². The molecule has 0 bridgehead atoms. The molecule has 4 rings (SSSR count). The first-order valence-corrected chi connectivity index (χ1v) is 13.8. The Balaban J connectivity index is 1.64. The monoisotopic (exact) mass is 548 g/mol. The van der Waals surface area contributed by atoms with Crippen molar-refractivity contribution in [3.63, 3.8) is 0 Å². The minimum absolute atomic E-state index is 0.000161. The summed E-state index contributed by atoms with van der Waals surface area (Å²) in [7, 11) is -2.62. The Kier molecular flexibility index (Phi) is 8.27.